The van der Waals surface area contributed by atoms with Crippen LogP contribution in [0.2, 0.25) is 0 Å². The van der Waals surface area contributed by atoms with Gasteiger partial charge in [0.25, 0.3) is 0 Å². The Kier molecular flexibility index (Phi) is 4.78. The average molecular weight is 350 g/mol. The summed E-state index contributed by atoms with van der Waals surface area (Å²) < 4.78 is 6.87. The van der Waals surface area contributed by atoms with Crippen molar-refractivity contribution in [3.8, 4) is 11.5 Å². The molecule has 2 nitrogen and oxygen atoms in total. The van der Waals surface area contributed by atoms with E-state index in [0.29, 0.717) is 16.7 Å². The van der Waals surface area contributed by atoms with Gasteiger partial charge in [0.15, 0.2) is 0 Å². The Labute approximate surface area is 133 Å². The van der Waals surface area contributed by atoms with E-state index in [1.807, 2.05) is 36.4 Å². The van der Waals surface area contributed by atoms with Crippen LogP contribution in [0.25, 0.3) is 0 Å². The van der Waals surface area contributed by atoms with Crippen LogP contribution in [-0.2, 0) is 0 Å². The van der Waals surface area contributed by atoms with Crippen molar-refractivity contribution in [2.24, 2.45) is 5.73 Å². The summed E-state index contributed by atoms with van der Waals surface area (Å²) in [6, 6.07) is 13.7. The molecule has 0 aliphatic heterocycles. The summed E-state index contributed by atoms with van der Waals surface area (Å²) in [5.41, 5.74) is 7.70. The molecular formula is C16H16BrNOS. The smallest absolute Gasteiger partial charge is 0.138 e. The molecule has 0 heterocycles. The molecule has 0 aromatic heterocycles. The van der Waals surface area contributed by atoms with Crippen molar-refractivity contribution in [2.75, 3.05) is 0 Å². The molecule has 20 heavy (non-hydrogen) atoms. The molecule has 2 rings (SSSR count). The van der Waals surface area contributed by atoms with Crippen molar-refractivity contribution in [3.63, 3.8) is 0 Å². The molecule has 0 atom stereocenters. The number of hydrogen-bond acceptors (Lipinski definition) is 2. The van der Waals surface area contributed by atoms with E-state index < -0.39 is 0 Å². The Morgan fingerprint density at radius 3 is 2.60 bits per heavy atom. The monoisotopic (exact) mass is 349 g/mol. The Bertz CT molecular complexity index is 640. The highest BCUT2D eigenvalue weighted by molar-refractivity contribution is 9.10. The van der Waals surface area contributed by atoms with Gasteiger partial charge < -0.3 is 10.5 Å². The second-order valence-corrected chi connectivity index (χ2v) is 6.19. The summed E-state index contributed by atoms with van der Waals surface area (Å²) >= 11 is 8.49. The first-order valence-electron chi connectivity index (χ1n) is 6.34. The summed E-state index contributed by atoms with van der Waals surface area (Å²) in [5, 5.41) is 0. The van der Waals surface area contributed by atoms with Crippen LogP contribution in [-0.4, -0.2) is 4.99 Å². The van der Waals surface area contributed by atoms with Gasteiger partial charge in [0.2, 0.25) is 0 Å². The highest BCUT2D eigenvalue weighted by Gasteiger charge is 2.09. The minimum Gasteiger partial charge on any atom is -0.457 e. The molecule has 4 heteroatoms. The predicted molar refractivity (Wildman–Crippen MR) is 90.6 cm³/mol. The van der Waals surface area contributed by atoms with Crippen LogP contribution in [0.4, 0.5) is 0 Å². The van der Waals surface area contributed by atoms with Crippen LogP contribution < -0.4 is 10.5 Å². The summed E-state index contributed by atoms with van der Waals surface area (Å²) in [6.45, 7) is 4.30. The van der Waals surface area contributed by atoms with Crippen LogP contribution in [0.5, 0.6) is 11.5 Å². The summed E-state index contributed by atoms with van der Waals surface area (Å²) in [7, 11) is 0. The van der Waals surface area contributed by atoms with Crippen molar-refractivity contribution < 1.29 is 4.74 Å². The van der Waals surface area contributed by atoms with Gasteiger partial charge in [-0.15, -0.1) is 0 Å². The number of benzene rings is 2. The third-order valence-electron chi connectivity index (χ3n) is 2.96. The van der Waals surface area contributed by atoms with E-state index in [0.717, 1.165) is 15.8 Å². The molecule has 0 bridgehead atoms. The lowest BCUT2D eigenvalue weighted by molar-refractivity contribution is 0.480. The van der Waals surface area contributed by atoms with Crippen molar-refractivity contribution >= 4 is 33.1 Å². The van der Waals surface area contributed by atoms with Crippen molar-refractivity contribution in [1.82, 2.24) is 0 Å². The third kappa shape index (κ3) is 3.58. The van der Waals surface area contributed by atoms with Gasteiger partial charge in [-0.2, -0.15) is 0 Å². The van der Waals surface area contributed by atoms with Crippen LogP contribution in [0, 0.1) is 0 Å². The topological polar surface area (TPSA) is 35.2 Å². The van der Waals surface area contributed by atoms with Gasteiger partial charge in [0, 0.05) is 4.47 Å². The van der Waals surface area contributed by atoms with E-state index in [9.17, 15) is 0 Å². The Morgan fingerprint density at radius 2 is 1.95 bits per heavy atom. The molecule has 0 fully saturated rings. The van der Waals surface area contributed by atoms with E-state index in [-0.39, 0.29) is 0 Å². The van der Waals surface area contributed by atoms with Gasteiger partial charge in [0.1, 0.15) is 16.5 Å². The van der Waals surface area contributed by atoms with Gasteiger partial charge in [-0.05, 0) is 41.8 Å². The van der Waals surface area contributed by atoms with Crippen LogP contribution >= 0.6 is 28.1 Å². The SMILES string of the molecule is CC(C)c1cccc(Oc2cc(Br)ccc2C(N)=S)c1. The highest BCUT2D eigenvalue weighted by atomic mass is 79.9. The zero-order valence-electron chi connectivity index (χ0n) is 11.4. The van der Waals surface area contributed by atoms with E-state index in [2.05, 4.69) is 35.8 Å². The lowest BCUT2D eigenvalue weighted by Crippen LogP contribution is -2.10. The first-order chi connectivity index (χ1) is 9.47. The molecular weight excluding hydrogens is 334 g/mol. The normalized spacial score (nSPS) is 10.6. The van der Waals surface area contributed by atoms with Gasteiger partial charge in [0.05, 0.1) is 5.56 Å². The lowest BCUT2D eigenvalue weighted by atomic mass is 10.0. The summed E-state index contributed by atoms with van der Waals surface area (Å²) in [4.78, 5) is 0.326. The second-order valence-electron chi connectivity index (χ2n) is 4.83. The highest BCUT2D eigenvalue weighted by Crippen LogP contribution is 2.30. The zero-order valence-corrected chi connectivity index (χ0v) is 13.8. The van der Waals surface area contributed by atoms with Gasteiger partial charge in [-0.3, -0.25) is 0 Å². The molecule has 2 aromatic carbocycles. The van der Waals surface area contributed by atoms with Gasteiger partial charge in [-0.25, -0.2) is 0 Å². The first kappa shape index (κ1) is 15.0. The number of hydrogen-bond donors (Lipinski definition) is 1. The fraction of sp³-hybridized carbons (Fsp3) is 0.188. The molecule has 0 spiro atoms. The molecule has 104 valence electrons. The fourth-order valence-corrected chi connectivity index (χ4v) is 2.36. The minimum absolute atomic E-state index is 0.326. The van der Waals surface area contributed by atoms with E-state index in [1.54, 1.807) is 0 Å². The molecule has 0 unspecified atom stereocenters. The molecule has 2 aromatic rings. The van der Waals surface area contributed by atoms with E-state index >= 15 is 0 Å². The quantitative estimate of drug-likeness (QED) is 0.788. The molecule has 2 N–H and O–H groups in total. The molecule has 0 aliphatic carbocycles. The molecule has 0 radical (unpaired) electrons. The molecule has 0 saturated carbocycles. The second kappa shape index (κ2) is 6.37. The fourth-order valence-electron chi connectivity index (χ4n) is 1.85. The Morgan fingerprint density at radius 1 is 1.20 bits per heavy atom. The first-order valence-corrected chi connectivity index (χ1v) is 7.54. The number of thiocarbonyl (C=S) groups is 1. The number of ether oxygens (including phenoxy) is 1. The number of rotatable bonds is 4. The number of halogens is 1. The van der Waals surface area contributed by atoms with Gasteiger partial charge >= 0.3 is 0 Å². The van der Waals surface area contributed by atoms with Gasteiger partial charge in [-0.1, -0.05) is 54.1 Å². The molecule has 0 aliphatic rings. The molecule has 0 amide bonds. The van der Waals surface area contributed by atoms with Crippen LogP contribution in [0.15, 0.2) is 46.9 Å². The third-order valence-corrected chi connectivity index (χ3v) is 3.67. The Hall–Kier alpha value is -1.39. The maximum atomic E-state index is 5.94. The summed E-state index contributed by atoms with van der Waals surface area (Å²) in [5.74, 6) is 1.90. The predicted octanol–water partition coefficient (Wildman–Crippen LogP) is 5.00. The zero-order chi connectivity index (χ0) is 14.7. The van der Waals surface area contributed by atoms with Crippen molar-refractivity contribution in [2.45, 2.75) is 19.8 Å². The van der Waals surface area contributed by atoms with Crippen molar-refractivity contribution in [1.29, 1.82) is 0 Å². The van der Waals surface area contributed by atoms with Crippen molar-refractivity contribution in [3.05, 3.63) is 58.1 Å². The standard InChI is InChI=1S/C16H16BrNOS/c1-10(2)11-4-3-5-13(8-11)19-15-9-12(17)6-7-14(15)16(18)20/h3-10H,1-2H3,(H2,18,20). The average Bonchev–Trinajstić information content (AvgIpc) is 2.38. The Balaban J connectivity index is 2.36. The van der Waals surface area contributed by atoms with E-state index in [4.69, 9.17) is 22.7 Å². The number of nitrogens with two attached hydrogens (primary N) is 1. The maximum Gasteiger partial charge on any atom is 0.138 e. The molecule has 0 saturated heterocycles. The van der Waals surface area contributed by atoms with Crippen LogP contribution in [0.3, 0.4) is 0 Å². The largest absolute Gasteiger partial charge is 0.457 e. The lowest BCUT2D eigenvalue weighted by Gasteiger charge is -2.13. The van der Waals surface area contributed by atoms with Crippen LogP contribution in [0.1, 0.15) is 30.9 Å². The minimum atomic E-state index is 0.326. The van der Waals surface area contributed by atoms with E-state index in [1.165, 1.54) is 5.56 Å². The summed E-state index contributed by atoms with van der Waals surface area (Å²) in [6.07, 6.45) is 0. The maximum absolute atomic E-state index is 5.94.